The monoisotopic (exact) mass is 711 g/mol. The van der Waals surface area contributed by atoms with Crippen molar-refractivity contribution in [2.45, 2.75) is 84.0 Å². The first-order valence-electron chi connectivity index (χ1n) is 16.7. The second-order valence-electron chi connectivity index (χ2n) is 13.7. The second-order valence-corrected chi connectivity index (χ2v) is 16.0. The van der Waals surface area contributed by atoms with Gasteiger partial charge in [0.25, 0.3) is 0 Å². The number of benzene rings is 2. The van der Waals surface area contributed by atoms with Gasteiger partial charge in [-0.25, -0.2) is 0 Å². The maximum absolute atomic E-state index is 11.0. The van der Waals surface area contributed by atoms with E-state index >= 15 is 0 Å². The van der Waals surface area contributed by atoms with Gasteiger partial charge < -0.3 is 10.0 Å². The Morgan fingerprint density at radius 1 is 0.915 bits per heavy atom. The Kier molecular flexibility index (Phi) is 11.4. The zero-order valence-corrected chi connectivity index (χ0v) is 31.2. The lowest BCUT2D eigenvalue weighted by molar-refractivity contribution is -0.438. The highest BCUT2D eigenvalue weighted by Gasteiger charge is 2.44. The van der Waals surface area contributed by atoms with Crippen molar-refractivity contribution in [3.05, 3.63) is 104 Å². The van der Waals surface area contributed by atoms with Gasteiger partial charge in [0.15, 0.2) is 5.71 Å². The zero-order valence-electron chi connectivity index (χ0n) is 28.1. The molecule has 0 saturated heterocycles. The minimum atomic E-state index is -0.738. The van der Waals surface area contributed by atoms with Gasteiger partial charge in [-0.2, -0.15) is 16.3 Å². The molecule has 4 nitrogen and oxygen atoms in total. The van der Waals surface area contributed by atoms with Crippen LogP contribution in [-0.2, 0) is 15.6 Å². The van der Waals surface area contributed by atoms with Crippen LogP contribution in [0.25, 0.3) is 0 Å². The van der Waals surface area contributed by atoms with Crippen molar-refractivity contribution in [1.29, 1.82) is 0 Å². The van der Waals surface area contributed by atoms with E-state index in [1.54, 1.807) is 0 Å². The summed E-state index contributed by atoms with van der Waals surface area (Å²) in [5, 5.41) is 11.4. The van der Waals surface area contributed by atoms with E-state index in [4.69, 9.17) is 39.9 Å². The second kappa shape index (κ2) is 15.0. The Morgan fingerprint density at radius 3 is 2.36 bits per heavy atom. The number of halogens is 3. The molecule has 0 aromatic heterocycles. The number of hydrogen-bond donors (Lipinski definition) is 1. The van der Waals surface area contributed by atoms with Gasteiger partial charge in [-0.3, -0.25) is 4.79 Å². The van der Waals surface area contributed by atoms with Crippen molar-refractivity contribution < 1.29 is 14.5 Å². The quantitative estimate of drug-likeness (QED) is 0.176. The third kappa shape index (κ3) is 7.59. The van der Waals surface area contributed by atoms with Crippen LogP contribution in [0.3, 0.4) is 0 Å². The van der Waals surface area contributed by atoms with Gasteiger partial charge in [0.2, 0.25) is 5.69 Å². The number of allylic oxidation sites excluding steroid dienone is 6. The fourth-order valence-corrected chi connectivity index (χ4v) is 8.81. The molecule has 0 fully saturated rings. The number of hydrogen-bond acceptors (Lipinski definition) is 3. The topological polar surface area (TPSA) is 43.5 Å². The molecule has 3 heterocycles. The standard InChI is InChI=1S/C39H45Cl3N2O2S/c1-6-7-20-43-32-16-14-28(40)22-30(32)38(2,3)34(43)18-12-26-24-47-25-27(37(26)42)13-19-35-39(4,5)31-23-29(41)15-17-33(31)44(35)21-10-8-9-11-36(45)46/h12-19,22-23H,6-11,20-21,24-25H2,1-5H3/p+1. The predicted octanol–water partition coefficient (Wildman–Crippen LogP) is 11.2. The summed E-state index contributed by atoms with van der Waals surface area (Å²) in [6.45, 7) is 13.1. The molecule has 0 spiro atoms. The molecular formula is C39H46Cl3N2O2S+. The van der Waals surface area contributed by atoms with Crippen LogP contribution in [0.15, 0.2) is 82.6 Å². The molecule has 0 aliphatic carbocycles. The van der Waals surface area contributed by atoms with Crippen molar-refractivity contribution in [3.63, 3.8) is 0 Å². The predicted molar refractivity (Wildman–Crippen MR) is 203 cm³/mol. The summed E-state index contributed by atoms with van der Waals surface area (Å²) in [6.07, 6.45) is 13.8. The minimum Gasteiger partial charge on any atom is -0.481 e. The van der Waals surface area contributed by atoms with Crippen LogP contribution in [0.1, 0.15) is 84.3 Å². The van der Waals surface area contributed by atoms with E-state index in [2.05, 4.69) is 92.7 Å². The van der Waals surface area contributed by atoms with E-state index in [0.717, 1.165) is 82.2 Å². The summed E-state index contributed by atoms with van der Waals surface area (Å²) in [5.74, 6) is 0.976. The Labute approximate surface area is 299 Å². The first-order chi connectivity index (χ1) is 22.4. The number of thioether (sulfide) groups is 1. The first kappa shape index (κ1) is 35.9. The van der Waals surface area contributed by atoms with E-state index in [1.807, 2.05) is 23.9 Å². The Bertz CT molecular complexity index is 1700. The highest BCUT2D eigenvalue weighted by Crippen LogP contribution is 2.49. The lowest BCUT2D eigenvalue weighted by atomic mass is 9.81. The van der Waals surface area contributed by atoms with Crippen molar-refractivity contribution in [3.8, 4) is 0 Å². The number of anilines is 1. The van der Waals surface area contributed by atoms with Gasteiger partial charge in [-0.1, -0.05) is 74.1 Å². The molecule has 0 atom stereocenters. The van der Waals surface area contributed by atoms with Crippen molar-refractivity contribution in [2.24, 2.45) is 0 Å². The summed E-state index contributed by atoms with van der Waals surface area (Å²) >= 11 is 22.0. The molecule has 2 aromatic rings. The molecule has 2 aromatic carbocycles. The fourth-order valence-electron chi connectivity index (χ4n) is 7.02. The van der Waals surface area contributed by atoms with E-state index in [9.17, 15) is 4.79 Å². The summed E-state index contributed by atoms with van der Waals surface area (Å²) < 4.78 is 2.38. The summed E-state index contributed by atoms with van der Waals surface area (Å²) in [4.78, 5) is 13.5. The lowest BCUT2D eigenvalue weighted by Gasteiger charge is -2.27. The van der Waals surface area contributed by atoms with Crippen LogP contribution < -0.4 is 4.90 Å². The molecule has 0 bridgehead atoms. The number of nitrogens with zero attached hydrogens (tertiary/aromatic N) is 2. The number of carboxylic acids is 1. The number of unbranched alkanes of at least 4 members (excludes halogenated alkanes) is 3. The van der Waals surface area contributed by atoms with Crippen LogP contribution in [0.5, 0.6) is 0 Å². The molecule has 3 aliphatic rings. The Morgan fingerprint density at radius 2 is 1.64 bits per heavy atom. The van der Waals surface area contributed by atoms with E-state index < -0.39 is 5.97 Å². The number of carboxylic acid groups (broad SMARTS) is 1. The SMILES string of the molecule is CCCCN1/C(=C/C=C2\CSCC(/C=C/C3=[N+](CCCCCC(=O)O)c4ccc(Cl)cc4C3(C)C)=C2Cl)C(C)(C)c2cc(Cl)ccc21. The van der Waals surface area contributed by atoms with Crippen LogP contribution >= 0.6 is 46.6 Å². The largest absolute Gasteiger partial charge is 0.481 e. The molecule has 47 heavy (non-hydrogen) atoms. The third-order valence-electron chi connectivity index (χ3n) is 9.68. The maximum Gasteiger partial charge on any atom is 0.303 e. The average Bonchev–Trinajstić information content (AvgIpc) is 3.35. The van der Waals surface area contributed by atoms with E-state index in [-0.39, 0.29) is 17.3 Å². The summed E-state index contributed by atoms with van der Waals surface area (Å²) in [7, 11) is 0. The van der Waals surface area contributed by atoms with Crippen molar-refractivity contribution in [2.75, 3.05) is 29.5 Å². The zero-order chi connectivity index (χ0) is 33.9. The average molecular weight is 713 g/mol. The molecule has 8 heteroatoms. The van der Waals surface area contributed by atoms with Crippen LogP contribution in [0.4, 0.5) is 11.4 Å². The van der Waals surface area contributed by atoms with Gasteiger partial charge >= 0.3 is 5.97 Å². The van der Waals surface area contributed by atoms with Crippen LogP contribution in [0, 0.1) is 0 Å². The van der Waals surface area contributed by atoms with E-state index in [1.165, 1.54) is 28.2 Å². The third-order valence-corrected chi connectivity index (χ3v) is 11.7. The Balaban J connectivity index is 1.46. The molecule has 5 rings (SSSR count). The van der Waals surface area contributed by atoms with Gasteiger partial charge in [-0.15, -0.1) is 0 Å². The van der Waals surface area contributed by atoms with Gasteiger partial charge in [0.05, 0.1) is 5.41 Å². The number of rotatable bonds is 12. The van der Waals surface area contributed by atoms with E-state index in [0.29, 0.717) is 6.42 Å². The van der Waals surface area contributed by atoms with Gasteiger partial charge in [0.1, 0.15) is 6.54 Å². The first-order valence-corrected chi connectivity index (χ1v) is 19.0. The molecule has 1 N–H and O–H groups in total. The number of aliphatic carboxylic acids is 1. The molecule has 0 unspecified atom stereocenters. The van der Waals surface area contributed by atoms with Gasteiger partial charge in [0, 0.05) is 80.5 Å². The minimum absolute atomic E-state index is 0.175. The molecule has 0 radical (unpaired) electrons. The van der Waals surface area contributed by atoms with Crippen molar-refractivity contribution in [1.82, 2.24) is 0 Å². The summed E-state index contributed by atoms with van der Waals surface area (Å²) in [6, 6.07) is 12.4. The highest BCUT2D eigenvalue weighted by atomic mass is 35.5. The summed E-state index contributed by atoms with van der Waals surface area (Å²) in [5.41, 5.74) is 9.17. The number of fused-ring (bicyclic) bond motifs is 2. The molecular weight excluding hydrogens is 667 g/mol. The maximum atomic E-state index is 11.0. The number of carbonyl (C=O) groups is 1. The molecule has 0 saturated carbocycles. The van der Waals surface area contributed by atoms with Gasteiger partial charge in [-0.05, 0) is 86.2 Å². The molecule has 250 valence electrons. The highest BCUT2D eigenvalue weighted by molar-refractivity contribution is 7.99. The fraction of sp³-hybridized carbons (Fsp3) is 0.436. The van der Waals surface area contributed by atoms with Crippen LogP contribution in [0.2, 0.25) is 10.0 Å². The van der Waals surface area contributed by atoms with Crippen LogP contribution in [-0.4, -0.2) is 46.0 Å². The Hall–Kier alpha value is -2.44. The lowest BCUT2D eigenvalue weighted by Crippen LogP contribution is -2.28. The molecule has 3 aliphatic heterocycles. The van der Waals surface area contributed by atoms with Crippen molar-refractivity contribution >= 4 is 69.6 Å². The normalized spacial score (nSPS) is 20.2. The smallest absolute Gasteiger partial charge is 0.303 e. The molecule has 0 amide bonds.